The van der Waals surface area contributed by atoms with E-state index in [1.807, 2.05) is 43.3 Å². The van der Waals surface area contributed by atoms with Gasteiger partial charge in [-0.1, -0.05) is 65.9 Å². The van der Waals surface area contributed by atoms with E-state index in [-0.39, 0.29) is 18.5 Å². The molecule has 6 nitrogen and oxygen atoms in total. The summed E-state index contributed by atoms with van der Waals surface area (Å²) in [7, 11) is 1.66. The summed E-state index contributed by atoms with van der Waals surface area (Å²) in [4.78, 5) is 12.6. The van der Waals surface area contributed by atoms with Crippen LogP contribution in [0, 0.1) is 6.92 Å². The molecule has 1 amide bonds. The van der Waals surface area contributed by atoms with Crippen molar-refractivity contribution in [1.29, 1.82) is 0 Å². The van der Waals surface area contributed by atoms with Gasteiger partial charge in [-0.25, -0.2) is 0 Å². The van der Waals surface area contributed by atoms with Crippen molar-refractivity contribution in [3.63, 3.8) is 0 Å². The van der Waals surface area contributed by atoms with E-state index in [0.29, 0.717) is 23.5 Å². The summed E-state index contributed by atoms with van der Waals surface area (Å²) in [5.41, 5.74) is 3.19. The van der Waals surface area contributed by atoms with E-state index in [4.69, 9.17) is 4.74 Å². The van der Waals surface area contributed by atoms with Crippen LogP contribution in [-0.4, -0.2) is 34.4 Å². The number of nitrogens with one attached hydrogen (secondary N) is 1. The number of amides is 1. The molecule has 4 aromatic rings. The molecule has 0 radical (unpaired) electrons. The molecule has 3 aromatic carbocycles. The number of ether oxygens (including phenoxy) is 1. The van der Waals surface area contributed by atoms with Gasteiger partial charge in [0, 0.05) is 30.5 Å². The van der Waals surface area contributed by atoms with Gasteiger partial charge in [-0.2, -0.15) is 13.2 Å². The van der Waals surface area contributed by atoms with E-state index in [1.54, 1.807) is 25.3 Å². The zero-order chi connectivity index (χ0) is 28.0. The molecule has 0 saturated carbocycles. The lowest BCUT2D eigenvalue weighted by Gasteiger charge is -2.17. The number of hydrogen-bond donors (Lipinski definition) is 1. The fourth-order valence-corrected chi connectivity index (χ4v) is 5.02. The molecule has 0 aliphatic heterocycles. The van der Waals surface area contributed by atoms with E-state index in [2.05, 4.69) is 27.0 Å². The molecule has 0 unspecified atom stereocenters. The largest absolute Gasteiger partial charge is 0.416 e. The van der Waals surface area contributed by atoms with Crippen LogP contribution < -0.4 is 5.32 Å². The van der Waals surface area contributed by atoms with Gasteiger partial charge in [0.1, 0.15) is 0 Å². The van der Waals surface area contributed by atoms with E-state index in [1.165, 1.54) is 17.8 Å². The van der Waals surface area contributed by atoms with Crippen molar-refractivity contribution in [2.45, 2.75) is 43.5 Å². The monoisotopic (exact) mass is 554 g/mol. The first kappa shape index (κ1) is 28.4. The van der Waals surface area contributed by atoms with Gasteiger partial charge in [-0.15, -0.1) is 10.2 Å². The van der Waals surface area contributed by atoms with Crippen LogP contribution in [0.1, 0.15) is 45.6 Å². The fraction of sp³-hybridized carbons (Fsp3) is 0.276. The number of carbonyl (C=O) groups excluding carboxylic acids is 1. The van der Waals surface area contributed by atoms with Gasteiger partial charge in [0.2, 0.25) is 0 Å². The Balaban J connectivity index is 1.40. The van der Waals surface area contributed by atoms with Gasteiger partial charge >= 0.3 is 6.18 Å². The van der Waals surface area contributed by atoms with Crippen molar-refractivity contribution < 1.29 is 22.7 Å². The highest BCUT2D eigenvalue weighted by Crippen LogP contribution is 2.31. The predicted molar refractivity (Wildman–Crippen MR) is 145 cm³/mol. The Morgan fingerprint density at radius 3 is 2.41 bits per heavy atom. The summed E-state index contributed by atoms with van der Waals surface area (Å²) in [5, 5.41) is 12.3. The van der Waals surface area contributed by atoms with E-state index < -0.39 is 11.7 Å². The zero-order valence-electron chi connectivity index (χ0n) is 21.8. The molecule has 1 N–H and O–H groups in total. The number of halogens is 3. The van der Waals surface area contributed by atoms with Crippen molar-refractivity contribution >= 4 is 17.7 Å². The maximum Gasteiger partial charge on any atom is 0.416 e. The number of nitrogens with zero attached hydrogens (tertiary/aromatic N) is 3. The number of rotatable bonds is 10. The minimum atomic E-state index is -4.43. The fourth-order valence-electron chi connectivity index (χ4n) is 4.03. The Bertz CT molecular complexity index is 1400. The van der Waals surface area contributed by atoms with Crippen LogP contribution in [0.3, 0.4) is 0 Å². The molecule has 0 aliphatic rings. The molecule has 1 atom stereocenters. The Hall–Kier alpha value is -3.63. The lowest BCUT2D eigenvalue weighted by molar-refractivity contribution is -0.137. The second-order valence-corrected chi connectivity index (χ2v) is 10.2. The molecule has 0 saturated heterocycles. The third-order valence-electron chi connectivity index (χ3n) is 6.11. The number of carbonyl (C=O) groups is 1. The maximum absolute atomic E-state index is 12.9. The van der Waals surface area contributed by atoms with Gasteiger partial charge < -0.3 is 10.1 Å². The Labute approximate surface area is 229 Å². The van der Waals surface area contributed by atoms with E-state index in [9.17, 15) is 18.0 Å². The van der Waals surface area contributed by atoms with Crippen LogP contribution in [0.2, 0.25) is 0 Å². The lowest BCUT2D eigenvalue weighted by Crippen LogP contribution is -2.23. The molecule has 39 heavy (non-hydrogen) atoms. The van der Waals surface area contributed by atoms with Crippen molar-refractivity contribution in [2.75, 3.05) is 13.7 Å². The molecule has 10 heteroatoms. The first-order valence-electron chi connectivity index (χ1n) is 12.3. The first-order chi connectivity index (χ1) is 18.7. The Morgan fingerprint density at radius 1 is 1.03 bits per heavy atom. The van der Waals surface area contributed by atoms with Crippen molar-refractivity contribution in [3.8, 4) is 11.4 Å². The molecule has 0 aliphatic carbocycles. The SMILES string of the molecule is COC[C@H](C)n1c(SCc2ccc(C(=O)NCc3cccc(C(F)(F)F)c3)cc2)nnc1-c1ccc(C)cc1. The van der Waals surface area contributed by atoms with E-state index in [0.717, 1.165) is 39.8 Å². The second-order valence-electron chi connectivity index (χ2n) is 9.21. The minimum absolute atomic E-state index is 0.00100. The average Bonchev–Trinajstić information content (AvgIpc) is 3.35. The molecule has 0 spiro atoms. The van der Waals surface area contributed by atoms with Crippen LogP contribution in [0.5, 0.6) is 0 Å². The van der Waals surface area contributed by atoms with Crippen LogP contribution in [0.25, 0.3) is 11.4 Å². The van der Waals surface area contributed by atoms with Crippen molar-refractivity contribution in [1.82, 2.24) is 20.1 Å². The minimum Gasteiger partial charge on any atom is -0.383 e. The second kappa shape index (κ2) is 12.5. The lowest BCUT2D eigenvalue weighted by atomic mass is 10.1. The van der Waals surface area contributed by atoms with Crippen molar-refractivity contribution in [3.05, 3.63) is 101 Å². The quantitative estimate of drug-likeness (QED) is 0.221. The van der Waals surface area contributed by atoms with Crippen LogP contribution in [0.15, 0.2) is 78.0 Å². The molecular formula is C29H29F3N4O2S. The highest BCUT2D eigenvalue weighted by Gasteiger charge is 2.30. The summed E-state index contributed by atoms with van der Waals surface area (Å²) in [6, 6.07) is 20.2. The maximum atomic E-state index is 12.9. The number of alkyl halides is 3. The Morgan fingerprint density at radius 2 is 1.74 bits per heavy atom. The summed E-state index contributed by atoms with van der Waals surface area (Å²) in [6.45, 7) is 4.60. The molecule has 0 bridgehead atoms. The Kier molecular flexibility index (Phi) is 9.08. The highest BCUT2D eigenvalue weighted by atomic mass is 32.2. The topological polar surface area (TPSA) is 69.0 Å². The number of thioether (sulfide) groups is 1. The number of benzene rings is 3. The summed E-state index contributed by atoms with van der Waals surface area (Å²) < 4.78 is 46.2. The van der Waals surface area contributed by atoms with Gasteiger partial charge in [0.05, 0.1) is 18.2 Å². The molecule has 1 heterocycles. The van der Waals surface area contributed by atoms with Gasteiger partial charge in [0.25, 0.3) is 5.91 Å². The number of hydrogen-bond acceptors (Lipinski definition) is 5. The number of aryl methyl sites for hydroxylation is 1. The van der Waals surface area contributed by atoms with Crippen LogP contribution in [-0.2, 0) is 23.2 Å². The standard InChI is InChI=1S/C29H29F3N4O2S/c1-19-7-11-23(12-8-19)26-34-35-28(36(26)20(2)17-38-3)39-18-21-9-13-24(14-10-21)27(37)33-16-22-5-4-6-25(15-22)29(30,31)32/h4-15,20H,16-18H2,1-3H3,(H,33,37)/t20-/m0/s1. The molecular weight excluding hydrogens is 525 g/mol. The summed E-state index contributed by atoms with van der Waals surface area (Å²) in [6.07, 6.45) is -4.43. The smallest absolute Gasteiger partial charge is 0.383 e. The van der Waals surface area contributed by atoms with Gasteiger partial charge in [-0.05, 0) is 49.2 Å². The number of aromatic nitrogens is 3. The van der Waals surface area contributed by atoms with E-state index >= 15 is 0 Å². The number of methoxy groups -OCH3 is 1. The normalized spacial score (nSPS) is 12.4. The third-order valence-corrected chi connectivity index (χ3v) is 7.13. The van der Waals surface area contributed by atoms with Gasteiger partial charge in [-0.3, -0.25) is 9.36 Å². The molecule has 4 rings (SSSR count). The molecule has 1 aromatic heterocycles. The zero-order valence-corrected chi connectivity index (χ0v) is 22.6. The third kappa shape index (κ3) is 7.27. The first-order valence-corrected chi connectivity index (χ1v) is 13.3. The van der Waals surface area contributed by atoms with Crippen molar-refractivity contribution in [2.24, 2.45) is 0 Å². The average molecular weight is 555 g/mol. The van der Waals surface area contributed by atoms with Crippen LogP contribution in [0.4, 0.5) is 13.2 Å². The molecule has 0 fully saturated rings. The predicted octanol–water partition coefficient (Wildman–Crippen LogP) is 6.70. The summed E-state index contributed by atoms with van der Waals surface area (Å²) >= 11 is 1.54. The molecule has 204 valence electrons. The van der Waals surface area contributed by atoms with Crippen LogP contribution >= 0.6 is 11.8 Å². The summed E-state index contributed by atoms with van der Waals surface area (Å²) in [5.74, 6) is 1.02. The highest BCUT2D eigenvalue weighted by molar-refractivity contribution is 7.98. The van der Waals surface area contributed by atoms with Gasteiger partial charge in [0.15, 0.2) is 11.0 Å².